The second-order valence-electron chi connectivity index (χ2n) is 5.81. The van der Waals surface area contributed by atoms with E-state index in [9.17, 15) is 12.8 Å². The first-order valence-corrected chi connectivity index (χ1v) is 9.81. The van der Waals surface area contributed by atoms with Gasteiger partial charge in [0.2, 0.25) is 10.0 Å². The highest BCUT2D eigenvalue weighted by Gasteiger charge is 2.26. The predicted octanol–water partition coefficient (Wildman–Crippen LogP) is 4.87. The van der Waals surface area contributed by atoms with E-state index < -0.39 is 15.8 Å². The van der Waals surface area contributed by atoms with Crippen LogP contribution in [-0.4, -0.2) is 12.7 Å². The second kappa shape index (κ2) is 7.99. The fourth-order valence-corrected chi connectivity index (χ4v) is 4.31. The molecule has 0 aliphatic rings. The monoisotopic (exact) mass is 389 g/mol. The Balaban J connectivity index is 2.00. The third-order valence-corrected chi connectivity index (χ3v) is 5.96. The van der Waals surface area contributed by atoms with E-state index >= 15 is 0 Å². The van der Waals surface area contributed by atoms with Crippen LogP contribution < -0.4 is 0 Å². The second-order valence-corrected chi connectivity index (χ2v) is 8.18. The van der Waals surface area contributed by atoms with Crippen molar-refractivity contribution in [3.8, 4) is 0 Å². The van der Waals surface area contributed by atoms with Crippen molar-refractivity contribution in [3.63, 3.8) is 0 Å². The molecule has 3 rings (SSSR count). The van der Waals surface area contributed by atoms with Crippen molar-refractivity contribution in [2.75, 3.05) is 0 Å². The number of hydrogen-bond acceptors (Lipinski definition) is 2. The Kier molecular flexibility index (Phi) is 5.71. The van der Waals surface area contributed by atoms with Crippen molar-refractivity contribution >= 4 is 21.6 Å². The van der Waals surface area contributed by atoms with E-state index in [2.05, 4.69) is 0 Å². The standard InChI is InChI=1S/C20H17ClFNO2S/c21-18-10-6-11-19(13-18)26(24,25)23(14-16-7-2-1-3-8-16)15-17-9-4-5-12-20(17)22/h1-13H,14-15H2. The minimum atomic E-state index is -3.85. The van der Waals surface area contributed by atoms with Gasteiger partial charge in [0, 0.05) is 23.7 Å². The summed E-state index contributed by atoms with van der Waals surface area (Å²) < 4.78 is 41.7. The molecule has 0 spiro atoms. The van der Waals surface area contributed by atoms with E-state index in [0.29, 0.717) is 10.6 Å². The van der Waals surface area contributed by atoms with Crippen LogP contribution >= 0.6 is 11.6 Å². The van der Waals surface area contributed by atoms with Crippen LogP contribution in [0.25, 0.3) is 0 Å². The van der Waals surface area contributed by atoms with Gasteiger partial charge in [-0.15, -0.1) is 0 Å². The zero-order valence-electron chi connectivity index (χ0n) is 13.8. The summed E-state index contributed by atoms with van der Waals surface area (Å²) in [6, 6.07) is 21.4. The van der Waals surface area contributed by atoms with Gasteiger partial charge in [-0.1, -0.05) is 66.2 Å². The number of halogens is 2. The van der Waals surface area contributed by atoms with Crippen molar-refractivity contribution in [1.82, 2.24) is 4.31 Å². The molecule has 0 aliphatic heterocycles. The lowest BCUT2D eigenvalue weighted by Gasteiger charge is -2.23. The van der Waals surface area contributed by atoms with Crippen LogP contribution in [0.4, 0.5) is 4.39 Å². The van der Waals surface area contributed by atoms with Crippen LogP contribution in [0.2, 0.25) is 5.02 Å². The maximum Gasteiger partial charge on any atom is 0.243 e. The number of hydrogen-bond donors (Lipinski definition) is 0. The first kappa shape index (κ1) is 18.6. The van der Waals surface area contributed by atoms with Crippen LogP contribution in [0.15, 0.2) is 83.8 Å². The van der Waals surface area contributed by atoms with Gasteiger partial charge < -0.3 is 0 Å². The molecule has 134 valence electrons. The molecule has 0 heterocycles. The highest BCUT2D eigenvalue weighted by Crippen LogP contribution is 2.24. The van der Waals surface area contributed by atoms with Crippen molar-refractivity contribution in [3.05, 3.63) is 101 Å². The molecule has 3 aromatic carbocycles. The summed E-state index contributed by atoms with van der Waals surface area (Å²) in [6.45, 7) is 0.0560. The minimum Gasteiger partial charge on any atom is -0.207 e. The summed E-state index contributed by atoms with van der Waals surface area (Å²) in [6.07, 6.45) is 0. The summed E-state index contributed by atoms with van der Waals surface area (Å²) in [5.74, 6) is -0.438. The molecule has 3 nitrogen and oxygen atoms in total. The number of benzene rings is 3. The largest absolute Gasteiger partial charge is 0.243 e. The molecule has 0 fully saturated rings. The Labute approximate surface area is 157 Å². The van der Waals surface area contributed by atoms with E-state index in [4.69, 9.17) is 11.6 Å². The fourth-order valence-electron chi connectivity index (χ4n) is 2.61. The molecule has 3 aromatic rings. The van der Waals surface area contributed by atoms with E-state index in [0.717, 1.165) is 5.56 Å². The minimum absolute atomic E-state index is 0.0730. The van der Waals surface area contributed by atoms with Gasteiger partial charge in [0.15, 0.2) is 0 Å². The molecule has 0 unspecified atom stereocenters. The average Bonchev–Trinajstić information content (AvgIpc) is 2.64. The lowest BCUT2D eigenvalue weighted by Crippen LogP contribution is -2.30. The van der Waals surface area contributed by atoms with Crippen molar-refractivity contribution in [2.45, 2.75) is 18.0 Å². The summed E-state index contributed by atoms with van der Waals surface area (Å²) in [5, 5.41) is 0.330. The van der Waals surface area contributed by atoms with Crippen molar-refractivity contribution in [1.29, 1.82) is 0 Å². The Morgan fingerprint density at radius 2 is 1.54 bits per heavy atom. The molecule has 6 heteroatoms. The van der Waals surface area contributed by atoms with Gasteiger partial charge in [0.1, 0.15) is 5.82 Å². The van der Waals surface area contributed by atoms with Crippen molar-refractivity contribution in [2.24, 2.45) is 0 Å². The quantitative estimate of drug-likeness (QED) is 0.603. The molecule has 26 heavy (non-hydrogen) atoms. The summed E-state index contributed by atoms with van der Waals surface area (Å²) in [5.41, 5.74) is 1.13. The van der Waals surface area contributed by atoms with Crippen molar-refractivity contribution < 1.29 is 12.8 Å². The molecule has 0 atom stereocenters. The highest BCUT2D eigenvalue weighted by molar-refractivity contribution is 7.89. The molecule has 0 bridgehead atoms. The van der Waals surface area contributed by atoms with E-state index in [1.165, 1.54) is 22.5 Å². The Morgan fingerprint density at radius 1 is 0.846 bits per heavy atom. The summed E-state index contributed by atoms with van der Waals surface area (Å²) >= 11 is 5.96. The van der Waals surface area contributed by atoms with Gasteiger partial charge in [0.25, 0.3) is 0 Å². The first-order valence-electron chi connectivity index (χ1n) is 8.00. The molecular weight excluding hydrogens is 373 g/mol. The lowest BCUT2D eigenvalue weighted by molar-refractivity contribution is 0.394. The molecule has 0 aliphatic carbocycles. The third-order valence-electron chi connectivity index (χ3n) is 3.94. The number of sulfonamides is 1. The molecule has 0 aromatic heterocycles. The molecule has 0 amide bonds. The van der Waals surface area contributed by atoms with Gasteiger partial charge in [-0.2, -0.15) is 4.31 Å². The maximum atomic E-state index is 14.1. The maximum absolute atomic E-state index is 14.1. The summed E-state index contributed by atoms with van der Waals surface area (Å²) in [7, 11) is -3.85. The smallest absolute Gasteiger partial charge is 0.207 e. The van der Waals surface area contributed by atoms with Crippen LogP contribution in [-0.2, 0) is 23.1 Å². The van der Waals surface area contributed by atoms with Gasteiger partial charge >= 0.3 is 0 Å². The molecule has 0 saturated heterocycles. The van der Waals surface area contributed by atoms with Crippen LogP contribution in [0.3, 0.4) is 0 Å². The summed E-state index contributed by atoms with van der Waals surface area (Å²) in [4.78, 5) is 0.0808. The van der Waals surface area contributed by atoms with E-state index in [1.54, 1.807) is 30.3 Å². The third kappa shape index (κ3) is 4.30. The number of nitrogens with zero attached hydrogens (tertiary/aromatic N) is 1. The van der Waals surface area contributed by atoms with Gasteiger partial charge in [0.05, 0.1) is 4.90 Å². The Hall–Kier alpha value is -2.21. The van der Waals surface area contributed by atoms with Gasteiger partial charge in [-0.25, -0.2) is 12.8 Å². The first-order chi connectivity index (χ1) is 12.5. The molecular formula is C20H17ClFNO2S. The van der Waals surface area contributed by atoms with E-state index in [-0.39, 0.29) is 18.0 Å². The Bertz CT molecular complexity index is 993. The zero-order valence-corrected chi connectivity index (χ0v) is 15.4. The fraction of sp³-hybridized carbons (Fsp3) is 0.100. The number of rotatable bonds is 6. The molecule has 0 N–H and O–H groups in total. The van der Waals surface area contributed by atoms with E-state index in [1.807, 2.05) is 30.3 Å². The lowest BCUT2D eigenvalue weighted by atomic mass is 10.2. The van der Waals surface area contributed by atoms with Crippen LogP contribution in [0.1, 0.15) is 11.1 Å². The Morgan fingerprint density at radius 3 is 2.23 bits per heavy atom. The zero-order chi connectivity index (χ0) is 18.6. The predicted molar refractivity (Wildman–Crippen MR) is 101 cm³/mol. The molecule has 0 radical (unpaired) electrons. The highest BCUT2D eigenvalue weighted by atomic mass is 35.5. The topological polar surface area (TPSA) is 37.4 Å². The van der Waals surface area contributed by atoms with Crippen LogP contribution in [0.5, 0.6) is 0 Å². The van der Waals surface area contributed by atoms with Gasteiger partial charge in [-0.05, 0) is 29.8 Å². The SMILES string of the molecule is O=S(=O)(c1cccc(Cl)c1)N(Cc1ccccc1)Cc1ccccc1F. The molecule has 0 saturated carbocycles. The van der Waals surface area contributed by atoms with Gasteiger partial charge in [-0.3, -0.25) is 0 Å². The normalized spacial score (nSPS) is 11.7. The van der Waals surface area contributed by atoms with Crippen LogP contribution in [0, 0.1) is 5.82 Å². The average molecular weight is 390 g/mol.